The SMILES string of the molecule is Nc1nc2c(O)cccn2n1. The second-order valence-electron chi connectivity index (χ2n) is 2.13. The Morgan fingerprint density at radius 2 is 2.36 bits per heavy atom. The Hall–Kier alpha value is -1.78. The van der Waals surface area contributed by atoms with Crippen LogP contribution in [0.25, 0.3) is 5.65 Å². The van der Waals surface area contributed by atoms with Crippen molar-refractivity contribution >= 4 is 11.6 Å². The van der Waals surface area contributed by atoms with Crippen LogP contribution in [0.15, 0.2) is 18.3 Å². The fourth-order valence-corrected chi connectivity index (χ4v) is 0.909. The molecule has 11 heavy (non-hydrogen) atoms. The quantitative estimate of drug-likeness (QED) is 0.555. The number of aromatic hydroxyl groups is 1. The summed E-state index contributed by atoms with van der Waals surface area (Å²) in [5, 5.41) is 13.0. The third-order valence-electron chi connectivity index (χ3n) is 1.36. The molecule has 0 aliphatic heterocycles. The van der Waals surface area contributed by atoms with Crippen LogP contribution in [0, 0.1) is 0 Å². The van der Waals surface area contributed by atoms with Gasteiger partial charge in [-0.05, 0) is 12.1 Å². The zero-order valence-electron chi connectivity index (χ0n) is 5.60. The average Bonchev–Trinajstić information content (AvgIpc) is 2.31. The van der Waals surface area contributed by atoms with Crippen LogP contribution >= 0.6 is 0 Å². The third-order valence-corrected chi connectivity index (χ3v) is 1.36. The minimum atomic E-state index is 0.0803. The van der Waals surface area contributed by atoms with Gasteiger partial charge in [0, 0.05) is 6.20 Å². The summed E-state index contributed by atoms with van der Waals surface area (Å²) in [6.07, 6.45) is 1.67. The molecule has 0 spiro atoms. The van der Waals surface area contributed by atoms with Crippen molar-refractivity contribution in [2.45, 2.75) is 0 Å². The first-order chi connectivity index (χ1) is 5.27. The topological polar surface area (TPSA) is 76.4 Å². The van der Waals surface area contributed by atoms with Gasteiger partial charge in [-0.15, -0.1) is 5.10 Å². The number of aromatic nitrogens is 3. The minimum absolute atomic E-state index is 0.0803. The summed E-state index contributed by atoms with van der Waals surface area (Å²) in [5.74, 6) is 0.239. The summed E-state index contributed by atoms with van der Waals surface area (Å²) in [6, 6.07) is 3.19. The minimum Gasteiger partial charge on any atom is -0.504 e. The van der Waals surface area contributed by atoms with E-state index in [1.165, 1.54) is 10.6 Å². The molecule has 0 aromatic carbocycles. The van der Waals surface area contributed by atoms with Gasteiger partial charge in [-0.2, -0.15) is 4.98 Å². The predicted octanol–water partition coefficient (Wildman–Crippen LogP) is 0.0171. The predicted molar refractivity (Wildman–Crippen MR) is 39.1 cm³/mol. The third kappa shape index (κ3) is 0.778. The van der Waals surface area contributed by atoms with Gasteiger partial charge in [-0.1, -0.05) is 0 Å². The highest BCUT2D eigenvalue weighted by molar-refractivity contribution is 5.53. The summed E-state index contributed by atoms with van der Waals surface area (Å²) >= 11 is 0. The maximum Gasteiger partial charge on any atom is 0.240 e. The molecule has 0 fully saturated rings. The Kier molecular flexibility index (Phi) is 1.00. The number of fused-ring (bicyclic) bond motifs is 1. The van der Waals surface area contributed by atoms with Crippen molar-refractivity contribution in [2.24, 2.45) is 0 Å². The smallest absolute Gasteiger partial charge is 0.240 e. The highest BCUT2D eigenvalue weighted by Gasteiger charge is 2.02. The highest BCUT2D eigenvalue weighted by Crippen LogP contribution is 2.14. The summed E-state index contributed by atoms with van der Waals surface area (Å²) in [5.41, 5.74) is 5.68. The van der Waals surface area contributed by atoms with Crippen molar-refractivity contribution in [3.05, 3.63) is 18.3 Å². The Labute approximate surface area is 62.1 Å². The first-order valence-electron chi connectivity index (χ1n) is 3.07. The van der Waals surface area contributed by atoms with Crippen LogP contribution in [-0.4, -0.2) is 19.7 Å². The lowest BCUT2D eigenvalue weighted by atomic mass is 10.4. The van der Waals surface area contributed by atoms with Crippen LogP contribution in [-0.2, 0) is 0 Å². The van der Waals surface area contributed by atoms with Crippen molar-refractivity contribution in [3.63, 3.8) is 0 Å². The van der Waals surface area contributed by atoms with E-state index in [0.29, 0.717) is 5.65 Å². The Morgan fingerprint density at radius 3 is 3.09 bits per heavy atom. The normalized spacial score (nSPS) is 10.5. The molecule has 0 unspecified atom stereocenters. The van der Waals surface area contributed by atoms with Gasteiger partial charge in [0.15, 0.2) is 11.4 Å². The van der Waals surface area contributed by atoms with Gasteiger partial charge >= 0.3 is 0 Å². The van der Waals surface area contributed by atoms with E-state index in [0.717, 1.165) is 0 Å². The molecule has 0 bridgehead atoms. The Bertz CT molecular complexity index is 394. The standard InChI is InChI=1S/C6H6N4O/c7-6-8-5-4(11)2-1-3-10(5)9-6/h1-3,11H,(H2,7,9). The number of pyridine rings is 1. The molecule has 0 saturated heterocycles. The number of hydrogen-bond acceptors (Lipinski definition) is 4. The van der Waals surface area contributed by atoms with Gasteiger partial charge in [0.25, 0.3) is 0 Å². The molecule has 2 heterocycles. The lowest BCUT2D eigenvalue weighted by Crippen LogP contribution is -1.87. The van der Waals surface area contributed by atoms with Crippen molar-refractivity contribution < 1.29 is 5.11 Å². The van der Waals surface area contributed by atoms with Crippen molar-refractivity contribution in [3.8, 4) is 5.75 Å². The van der Waals surface area contributed by atoms with E-state index in [4.69, 9.17) is 5.73 Å². The highest BCUT2D eigenvalue weighted by atomic mass is 16.3. The van der Waals surface area contributed by atoms with Crippen molar-refractivity contribution in [2.75, 3.05) is 5.73 Å². The molecule has 0 saturated carbocycles. The van der Waals surface area contributed by atoms with Gasteiger partial charge in [0.05, 0.1) is 0 Å². The van der Waals surface area contributed by atoms with Gasteiger partial charge in [0.2, 0.25) is 5.95 Å². The van der Waals surface area contributed by atoms with E-state index in [9.17, 15) is 5.11 Å². The maximum atomic E-state index is 9.21. The van der Waals surface area contributed by atoms with Gasteiger partial charge < -0.3 is 10.8 Å². The monoisotopic (exact) mass is 150 g/mol. The van der Waals surface area contributed by atoms with Crippen LogP contribution in [0.5, 0.6) is 5.75 Å². The number of hydrogen-bond donors (Lipinski definition) is 2. The van der Waals surface area contributed by atoms with E-state index < -0.39 is 0 Å². The Morgan fingerprint density at radius 1 is 1.55 bits per heavy atom. The first-order valence-corrected chi connectivity index (χ1v) is 3.07. The number of anilines is 1. The lowest BCUT2D eigenvalue weighted by molar-refractivity contribution is 0.477. The molecule has 2 rings (SSSR count). The van der Waals surface area contributed by atoms with E-state index >= 15 is 0 Å². The fraction of sp³-hybridized carbons (Fsp3) is 0. The molecule has 5 nitrogen and oxygen atoms in total. The Balaban J connectivity index is 2.90. The largest absolute Gasteiger partial charge is 0.504 e. The van der Waals surface area contributed by atoms with Crippen LogP contribution < -0.4 is 5.73 Å². The van der Waals surface area contributed by atoms with Gasteiger partial charge in [-0.25, -0.2) is 4.52 Å². The van der Waals surface area contributed by atoms with E-state index in [1.54, 1.807) is 12.3 Å². The van der Waals surface area contributed by atoms with Crippen LogP contribution in [0.2, 0.25) is 0 Å². The number of rotatable bonds is 0. The van der Waals surface area contributed by atoms with Crippen LogP contribution in [0.1, 0.15) is 0 Å². The molecule has 0 aliphatic carbocycles. The van der Waals surface area contributed by atoms with E-state index in [2.05, 4.69) is 10.1 Å². The second-order valence-corrected chi connectivity index (χ2v) is 2.13. The molecule has 0 radical (unpaired) electrons. The van der Waals surface area contributed by atoms with Gasteiger partial charge in [0.1, 0.15) is 0 Å². The molecule has 2 aromatic rings. The summed E-state index contributed by atoms with van der Waals surface area (Å²) in [4.78, 5) is 3.79. The molecule has 0 aliphatic rings. The molecule has 5 heteroatoms. The zero-order valence-corrected chi connectivity index (χ0v) is 5.60. The summed E-state index contributed by atoms with van der Waals surface area (Å²) in [7, 11) is 0. The molecule has 3 N–H and O–H groups in total. The number of nitrogens with two attached hydrogens (primary N) is 1. The van der Waals surface area contributed by atoms with E-state index in [-0.39, 0.29) is 11.7 Å². The zero-order chi connectivity index (χ0) is 7.84. The number of nitrogen functional groups attached to an aromatic ring is 1. The summed E-state index contributed by atoms with van der Waals surface area (Å²) < 4.78 is 1.42. The van der Waals surface area contributed by atoms with Crippen LogP contribution in [0.3, 0.4) is 0 Å². The average molecular weight is 150 g/mol. The maximum absolute atomic E-state index is 9.21. The molecule has 56 valence electrons. The molecule has 0 atom stereocenters. The number of nitrogens with zero attached hydrogens (tertiary/aromatic N) is 3. The first kappa shape index (κ1) is 5.96. The molecule has 2 aromatic heterocycles. The molecule has 0 amide bonds. The van der Waals surface area contributed by atoms with Crippen molar-refractivity contribution in [1.29, 1.82) is 0 Å². The molecular formula is C6H6N4O. The van der Waals surface area contributed by atoms with Crippen LogP contribution in [0.4, 0.5) is 5.95 Å². The molecular weight excluding hydrogens is 144 g/mol. The van der Waals surface area contributed by atoms with Crippen molar-refractivity contribution in [1.82, 2.24) is 14.6 Å². The summed E-state index contributed by atoms with van der Waals surface area (Å²) in [6.45, 7) is 0. The fourth-order valence-electron chi connectivity index (χ4n) is 0.909. The lowest BCUT2D eigenvalue weighted by Gasteiger charge is -1.90. The van der Waals surface area contributed by atoms with E-state index in [1.807, 2.05) is 0 Å². The van der Waals surface area contributed by atoms with Gasteiger partial charge in [-0.3, -0.25) is 0 Å². The second kappa shape index (κ2) is 1.85.